The van der Waals surface area contributed by atoms with E-state index in [0.29, 0.717) is 5.69 Å². The number of benzene rings is 1. The molecule has 0 aliphatic rings. The first-order chi connectivity index (χ1) is 8.16. The second-order valence-electron chi connectivity index (χ2n) is 3.36. The summed E-state index contributed by atoms with van der Waals surface area (Å²) in [5, 5.41) is 13.3. The Kier molecular flexibility index (Phi) is 3.24. The van der Waals surface area contributed by atoms with Crippen LogP contribution in [0.15, 0.2) is 40.5 Å². The first-order valence-corrected chi connectivity index (χ1v) is 5.77. The van der Waals surface area contributed by atoms with Crippen LogP contribution >= 0.6 is 11.3 Å². The number of aromatic nitrogens is 1. The van der Waals surface area contributed by atoms with Crippen molar-refractivity contribution in [1.29, 1.82) is 0 Å². The van der Waals surface area contributed by atoms with Crippen molar-refractivity contribution in [2.75, 3.05) is 5.32 Å². The van der Waals surface area contributed by atoms with Gasteiger partial charge in [0.15, 0.2) is 0 Å². The molecule has 0 unspecified atom stereocenters. The van der Waals surface area contributed by atoms with E-state index >= 15 is 0 Å². The maximum atomic E-state index is 11.6. The zero-order chi connectivity index (χ0) is 12.3. The van der Waals surface area contributed by atoms with Gasteiger partial charge in [-0.15, -0.1) is 0 Å². The van der Waals surface area contributed by atoms with E-state index < -0.39 is 0 Å². The average Bonchev–Trinajstić information content (AvgIpc) is 2.62. The van der Waals surface area contributed by atoms with Crippen LogP contribution in [0, 0.1) is 0 Å². The normalized spacial score (nSPS) is 10.1. The lowest BCUT2D eigenvalue weighted by atomic mass is 10.3. The van der Waals surface area contributed by atoms with E-state index in [1.165, 1.54) is 5.38 Å². The maximum Gasteiger partial charge on any atom is 0.310 e. The van der Waals surface area contributed by atoms with E-state index in [9.17, 15) is 14.7 Å². The zero-order valence-electron chi connectivity index (χ0n) is 8.79. The van der Waals surface area contributed by atoms with Gasteiger partial charge in [0.2, 0.25) is 11.8 Å². The summed E-state index contributed by atoms with van der Waals surface area (Å²) in [6.45, 7) is -0.191. The third kappa shape index (κ3) is 2.73. The molecule has 0 spiro atoms. The Labute approximate surface area is 101 Å². The molecule has 0 atom stereocenters. The fourth-order valence-corrected chi connectivity index (χ4v) is 1.95. The van der Waals surface area contributed by atoms with Crippen LogP contribution in [-0.4, -0.2) is 15.6 Å². The number of thiazole rings is 1. The molecular weight excluding hydrogens is 240 g/mol. The summed E-state index contributed by atoms with van der Waals surface area (Å²) in [4.78, 5) is 22.5. The lowest BCUT2D eigenvalue weighted by Crippen LogP contribution is -2.23. The van der Waals surface area contributed by atoms with Crippen LogP contribution in [0.4, 0.5) is 5.69 Å². The Morgan fingerprint density at radius 2 is 2.06 bits per heavy atom. The first-order valence-electron chi connectivity index (χ1n) is 4.89. The van der Waals surface area contributed by atoms with Gasteiger partial charge in [0.05, 0.1) is 5.38 Å². The number of carbonyl (C=O) groups excluding carboxylic acids is 1. The largest absolute Gasteiger partial charge is 0.494 e. The van der Waals surface area contributed by atoms with Gasteiger partial charge >= 0.3 is 4.87 Å². The van der Waals surface area contributed by atoms with Gasteiger partial charge in [-0.3, -0.25) is 14.2 Å². The Morgan fingerprint density at radius 1 is 1.35 bits per heavy atom. The second-order valence-corrected chi connectivity index (χ2v) is 4.18. The summed E-state index contributed by atoms with van der Waals surface area (Å²) in [5.74, 6) is -0.546. The Morgan fingerprint density at radius 3 is 2.65 bits per heavy atom. The minimum absolute atomic E-state index is 0.191. The van der Waals surface area contributed by atoms with Crippen LogP contribution in [0.2, 0.25) is 0 Å². The lowest BCUT2D eigenvalue weighted by molar-refractivity contribution is -0.116. The van der Waals surface area contributed by atoms with Crippen molar-refractivity contribution in [3.05, 3.63) is 45.4 Å². The smallest absolute Gasteiger partial charge is 0.310 e. The molecule has 5 nitrogen and oxygen atoms in total. The van der Waals surface area contributed by atoms with Crippen molar-refractivity contribution in [1.82, 2.24) is 4.57 Å². The quantitative estimate of drug-likeness (QED) is 0.861. The summed E-state index contributed by atoms with van der Waals surface area (Å²) in [7, 11) is 0. The minimum atomic E-state index is -0.356. The Balaban J connectivity index is 2.06. The maximum absolute atomic E-state index is 11.6. The number of hydrogen-bond acceptors (Lipinski definition) is 4. The van der Waals surface area contributed by atoms with E-state index in [4.69, 9.17) is 0 Å². The zero-order valence-corrected chi connectivity index (χ0v) is 9.61. The number of anilines is 1. The number of amides is 1. The van der Waals surface area contributed by atoms with E-state index in [2.05, 4.69) is 5.32 Å². The number of nitrogens with zero attached hydrogens (tertiary/aromatic N) is 1. The van der Waals surface area contributed by atoms with Gasteiger partial charge in [0.1, 0.15) is 6.54 Å². The molecule has 6 heteroatoms. The summed E-state index contributed by atoms with van der Waals surface area (Å²) < 4.78 is 1.02. The molecule has 0 aliphatic heterocycles. The molecule has 1 heterocycles. The predicted octanol–water partition coefficient (Wildman–Crippen LogP) is 1.25. The summed E-state index contributed by atoms with van der Waals surface area (Å²) >= 11 is 0.857. The van der Waals surface area contributed by atoms with Crippen molar-refractivity contribution in [3.8, 4) is 5.88 Å². The fourth-order valence-electron chi connectivity index (χ4n) is 1.34. The molecular formula is C11H10N2O3S. The van der Waals surface area contributed by atoms with Crippen LogP contribution < -0.4 is 10.2 Å². The van der Waals surface area contributed by atoms with Crippen LogP contribution in [-0.2, 0) is 11.3 Å². The highest BCUT2D eigenvalue weighted by Gasteiger charge is 2.09. The van der Waals surface area contributed by atoms with Crippen molar-refractivity contribution in [2.24, 2.45) is 0 Å². The first kappa shape index (κ1) is 11.4. The highest BCUT2D eigenvalue weighted by atomic mass is 32.1. The highest BCUT2D eigenvalue weighted by molar-refractivity contribution is 7.07. The van der Waals surface area contributed by atoms with Gasteiger partial charge in [0, 0.05) is 5.69 Å². The van der Waals surface area contributed by atoms with Crippen LogP contribution in [0.25, 0.3) is 0 Å². The number of aromatic hydroxyl groups is 1. The van der Waals surface area contributed by atoms with E-state index in [1.807, 2.05) is 6.07 Å². The molecule has 0 bridgehead atoms. The SMILES string of the molecule is O=C(Cn1c(O)csc1=O)Nc1ccccc1. The molecule has 0 radical (unpaired) electrons. The van der Waals surface area contributed by atoms with Gasteiger partial charge in [0.25, 0.3) is 0 Å². The van der Waals surface area contributed by atoms with Gasteiger partial charge in [-0.2, -0.15) is 0 Å². The van der Waals surface area contributed by atoms with E-state index in [0.717, 1.165) is 15.9 Å². The van der Waals surface area contributed by atoms with Gasteiger partial charge < -0.3 is 10.4 Å². The monoisotopic (exact) mass is 250 g/mol. The Bertz CT molecular complexity index is 574. The minimum Gasteiger partial charge on any atom is -0.494 e. The topological polar surface area (TPSA) is 71.3 Å². The predicted molar refractivity (Wildman–Crippen MR) is 65.3 cm³/mol. The van der Waals surface area contributed by atoms with Crippen molar-refractivity contribution < 1.29 is 9.90 Å². The van der Waals surface area contributed by atoms with Crippen molar-refractivity contribution in [3.63, 3.8) is 0 Å². The molecule has 17 heavy (non-hydrogen) atoms. The van der Waals surface area contributed by atoms with E-state index in [1.54, 1.807) is 24.3 Å². The fraction of sp³-hybridized carbons (Fsp3) is 0.0909. The average molecular weight is 250 g/mol. The number of hydrogen-bond donors (Lipinski definition) is 2. The molecule has 1 aromatic heterocycles. The highest BCUT2D eigenvalue weighted by Crippen LogP contribution is 2.10. The second kappa shape index (κ2) is 4.84. The van der Waals surface area contributed by atoms with Crippen molar-refractivity contribution in [2.45, 2.75) is 6.54 Å². The summed E-state index contributed by atoms with van der Waals surface area (Å²) in [6, 6.07) is 8.92. The van der Waals surface area contributed by atoms with Gasteiger partial charge in [-0.25, -0.2) is 0 Å². The number of nitrogens with one attached hydrogen (secondary N) is 1. The molecule has 2 rings (SSSR count). The van der Waals surface area contributed by atoms with Crippen LogP contribution in [0.1, 0.15) is 0 Å². The van der Waals surface area contributed by atoms with Gasteiger partial charge in [-0.05, 0) is 12.1 Å². The molecule has 0 aliphatic carbocycles. The van der Waals surface area contributed by atoms with Crippen LogP contribution in [0.5, 0.6) is 5.88 Å². The summed E-state index contributed by atoms with van der Waals surface area (Å²) in [6.07, 6.45) is 0. The molecule has 1 aromatic carbocycles. The summed E-state index contributed by atoms with van der Waals surface area (Å²) in [5.41, 5.74) is 0.653. The number of carbonyl (C=O) groups is 1. The molecule has 0 saturated carbocycles. The number of rotatable bonds is 3. The third-order valence-corrected chi connectivity index (χ3v) is 2.87. The van der Waals surface area contributed by atoms with Gasteiger partial charge in [-0.1, -0.05) is 29.5 Å². The molecule has 88 valence electrons. The standard InChI is InChI=1S/C11H10N2O3S/c14-9(12-8-4-2-1-3-5-8)6-13-10(15)7-17-11(13)16/h1-5,7,15H,6H2,(H,12,14). The lowest BCUT2D eigenvalue weighted by Gasteiger charge is -2.05. The van der Waals surface area contributed by atoms with E-state index in [-0.39, 0.29) is 23.2 Å². The molecule has 0 saturated heterocycles. The molecule has 2 aromatic rings. The number of para-hydroxylation sites is 1. The molecule has 1 amide bonds. The third-order valence-electron chi connectivity index (χ3n) is 2.12. The Hall–Kier alpha value is -2.08. The van der Waals surface area contributed by atoms with Crippen molar-refractivity contribution >= 4 is 22.9 Å². The molecule has 0 fully saturated rings. The molecule has 2 N–H and O–H groups in total. The van der Waals surface area contributed by atoms with Crippen LogP contribution in [0.3, 0.4) is 0 Å².